The number of allylic oxidation sites excluding steroid dienone is 2. The van der Waals surface area contributed by atoms with E-state index in [1.165, 1.54) is 13.8 Å². The lowest BCUT2D eigenvalue weighted by molar-refractivity contribution is -0.157. The van der Waals surface area contributed by atoms with Crippen molar-refractivity contribution in [3.05, 3.63) is 47.5 Å². The molecule has 1 aromatic rings. The molecule has 1 fully saturated rings. The fraction of sp³-hybridized carbons (Fsp3) is 0.409. The molecule has 2 aliphatic rings. The van der Waals surface area contributed by atoms with Gasteiger partial charge in [0.2, 0.25) is 17.7 Å². The minimum absolute atomic E-state index is 0.151. The van der Waals surface area contributed by atoms with Crippen molar-refractivity contribution in [2.24, 2.45) is 11.8 Å². The molecule has 0 unspecified atom stereocenters. The standard InChI is InChI=1S/C22H24N2O6/c1-13(24-20(27)17-5-3-4-6-18(17)21(24)28)22(29)30-12-19(26)16-9-7-15(8-10-16)11-23-14(2)25/h3-4,7-10,13,17-18H,5-6,11-12H2,1-2H3,(H,23,25)/t13-,17+,18+/m0/s1. The Labute approximate surface area is 174 Å². The smallest absolute Gasteiger partial charge is 0.329 e. The van der Waals surface area contributed by atoms with Gasteiger partial charge in [0.1, 0.15) is 6.04 Å². The zero-order valence-corrected chi connectivity index (χ0v) is 16.9. The van der Waals surface area contributed by atoms with E-state index in [4.69, 9.17) is 4.74 Å². The van der Waals surface area contributed by atoms with E-state index >= 15 is 0 Å². The van der Waals surface area contributed by atoms with Gasteiger partial charge in [-0.05, 0) is 25.3 Å². The molecule has 3 atom stereocenters. The number of rotatable bonds is 7. The van der Waals surface area contributed by atoms with Gasteiger partial charge >= 0.3 is 5.97 Å². The Kier molecular flexibility index (Phi) is 6.44. The number of benzene rings is 1. The number of esters is 1. The van der Waals surface area contributed by atoms with Gasteiger partial charge in [-0.15, -0.1) is 0 Å². The average Bonchev–Trinajstić information content (AvgIpc) is 3.00. The zero-order valence-electron chi connectivity index (χ0n) is 16.9. The summed E-state index contributed by atoms with van der Waals surface area (Å²) in [5.41, 5.74) is 1.18. The van der Waals surface area contributed by atoms with Crippen molar-refractivity contribution in [3.8, 4) is 0 Å². The first kappa shape index (κ1) is 21.4. The highest BCUT2D eigenvalue weighted by Crippen LogP contribution is 2.36. The van der Waals surface area contributed by atoms with Gasteiger partial charge < -0.3 is 10.1 Å². The van der Waals surface area contributed by atoms with Crippen molar-refractivity contribution in [1.82, 2.24) is 10.2 Å². The first-order valence-electron chi connectivity index (χ1n) is 9.84. The molecule has 3 rings (SSSR count). The number of hydrogen-bond acceptors (Lipinski definition) is 6. The summed E-state index contributed by atoms with van der Waals surface area (Å²) < 4.78 is 5.08. The molecular weight excluding hydrogens is 388 g/mol. The van der Waals surface area contributed by atoms with E-state index in [1.54, 1.807) is 24.3 Å². The molecular formula is C22H24N2O6. The first-order valence-corrected chi connectivity index (χ1v) is 9.84. The summed E-state index contributed by atoms with van der Waals surface area (Å²) in [6.45, 7) is 2.72. The maximum absolute atomic E-state index is 12.6. The zero-order chi connectivity index (χ0) is 21.8. The molecule has 8 nitrogen and oxygen atoms in total. The van der Waals surface area contributed by atoms with Gasteiger partial charge in [0.15, 0.2) is 12.4 Å². The molecule has 158 valence electrons. The van der Waals surface area contributed by atoms with Gasteiger partial charge in [0.25, 0.3) is 0 Å². The fourth-order valence-corrected chi connectivity index (χ4v) is 3.69. The van der Waals surface area contributed by atoms with Gasteiger partial charge in [-0.25, -0.2) is 4.79 Å². The van der Waals surface area contributed by atoms with Gasteiger partial charge in [0.05, 0.1) is 11.8 Å². The second kappa shape index (κ2) is 9.02. The summed E-state index contributed by atoms with van der Waals surface area (Å²) in [5, 5.41) is 2.66. The van der Waals surface area contributed by atoms with Crippen molar-refractivity contribution in [2.45, 2.75) is 39.3 Å². The Balaban J connectivity index is 1.54. The van der Waals surface area contributed by atoms with Crippen LogP contribution in [0, 0.1) is 11.8 Å². The van der Waals surface area contributed by atoms with Gasteiger partial charge in [-0.2, -0.15) is 0 Å². The molecule has 1 aliphatic carbocycles. The van der Waals surface area contributed by atoms with Crippen molar-refractivity contribution in [3.63, 3.8) is 0 Å². The van der Waals surface area contributed by atoms with Crippen LogP contribution in [0.3, 0.4) is 0 Å². The van der Waals surface area contributed by atoms with Crippen LogP contribution in [0.2, 0.25) is 0 Å². The Morgan fingerprint density at radius 1 is 1.07 bits per heavy atom. The van der Waals surface area contributed by atoms with E-state index < -0.39 is 36.2 Å². The second-order valence-electron chi connectivity index (χ2n) is 7.52. The lowest BCUT2D eigenvalue weighted by atomic mass is 9.85. The second-order valence-corrected chi connectivity index (χ2v) is 7.52. The van der Waals surface area contributed by atoms with Crippen LogP contribution >= 0.6 is 0 Å². The lowest BCUT2D eigenvalue weighted by Gasteiger charge is -2.21. The molecule has 30 heavy (non-hydrogen) atoms. The van der Waals surface area contributed by atoms with Gasteiger partial charge in [0, 0.05) is 19.0 Å². The molecule has 0 bridgehead atoms. The molecule has 8 heteroatoms. The summed E-state index contributed by atoms with van der Waals surface area (Å²) in [7, 11) is 0. The number of likely N-dealkylation sites (tertiary alicyclic amines) is 1. The van der Waals surface area contributed by atoms with Crippen molar-refractivity contribution in [2.75, 3.05) is 6.61 Å². The number of nitrogens with one attached hydrogen (secondary N) is 1. The van der Waals surface area contributed by atoms with Crippen molar-refractivity contribution in [1.29, 1.82) is 0 Å². The number of carbonyl (C=O) groups is 5. The Morgan fingerprint density at radius 3 is 2.17 bits per heavy atom. The van der Waals surface area contributed by atoms with Crippen LogP contribution in [0.5, 0.6) is 0 Å². The first-order chi connectivity index (χ1) is 14.3. The normalized spacial score (nSPS) is 21.2. The van der Waals surface area contributed by atoms with Crippen LogP contribution in [0.1, 0.15) is 42.6 Å². The highest BCUT2D eigenvalue weighted by atomic mass is 16.5. The van der Waals surface area contributed by atoms with E-state index in [9.17, 15) is 24.0 Å². The summed E-state index contributed by atoms with van der Waals surface area (Å²) >= 11 is 0. The van der Waals surface area contributed by atoms with Crippen LogP contribution in [0.4, 0.5) is 0 Å². The molecule has 3 amide bonds. The maximum Gasteiger partial charge on any atom is 0.329 e. The molecule has 1 aromatic carbocycles. The fourth-order valence-electron chi connectivity index (χ4n) is 3.69. The lowest BCUT2D eigenvalue weighted by Crippen LogP contribution is -2.44. The number of nitrogens with zero attached hydrogens (tertiary/aromatic N) is 1. The largest absolute Gasteiger partial charge is 0.456 e. The van der Waals surface area contributed by atoms with Crippen LogP contribution in [-0.2, 0) is 30.5 Å². The Hall–Kier alpha value is -3.29. The minimum atomic E-state index is -1.08. The average molecular weight is 412 g/mol. The molecule has 0 aromatic heterocycles. The monoisotopic (exact) mass is 412 g/mol. The third-order valence-corrected chi connectivity index (χ3v) is 5.43. The Bertz CT molecular complexity index is 879. The van der Waals surface area contributed by atoms with Crippen molar-refractivity contribution >= 4 is 29.5 Å². The van der Waals surface area contributed by atoms with Crippen LogP contribution < -0.4 is 5.32 Å². The molecule has 1 aliphatic heterocycles. The summed E-state index contributed by atoms with van der Waals surface area (Å²) in [5.74, 6) is -2.91. The number of amides is 3. The molecule has 1 saturated heterocycles. The maximum atomic E-state index is 12.6. The van der Waals surface area contributed by atoms with E-state index in [-0.39, 0.29) is 17.7 Å². The van der Waals surface area contributed by atoms with E-state index in [0.29, 0.717) is 24.9 Å². The van der Waals surface area contributed by atoms with E-state index in [0.717, 1.165) is 10.5 Å². The third-order valence-electron chi connectivity index (χ3n) is 5.43. The van der Waals surface area contributed by atoms with Gasteiger partial charge in [-0.1, -0.05) is 36.4 Å². The topological polar surface area (TPSA) is 110 Å². The summed E-state index contributed by atoms with van der Waals surface area (Å²) in [6, 6.07) is 5.49. The third kappa shape index (κ3) is 4.48. The minimum Gasteiger partial charge on any atom is -0.456 e. The van der Waals surface area contributed by atoms with Crippen LogP contribution in [0.25, 0.3) is 0 Å². The predicted molar refractivity (Wildman–Crippen MR) is 106 cm³/mol. The molecule has 0 radical (unpaired) electrons. The number of imide groups is 1. The van der Waals surface area contributed by atoms with Crippen LogP contribution in [0.15, 0.2) is 36.4 Å². The number of hydrogen-bond donors (Lipinski definition) is 1. The van der Waals surface area contributed by atoms with E-state index in [2.05, 4.69) is 5.32 Å². The number of carbonyl (C=O) groups excluding carboxylic acids is 5. The quantitative estimate of drug-likeness (QED) is 0.314. The number of ether oxygens (including phenoxy) is 1. The molecule has 1 heterocycles. The number of ketones is 1. The highest BCUT2D eigenvalue weighted by Gasteiger charge is 2.50. The number of Topliss-reactive ketones (excluding diaryl/α,β-unsaturated/α-hetero) is 1. The van der Waals surface area contributed by atoms with E-state index in [1.807, 2.05) is 12.2 Å². The van der Waals surface area contributed by atoms with Gasteiger partial charge in [-0.3, -0.25) is 24.1 Å². The molecule has 0 spiro atoms. The predicted octanol–water partition coefficient (Wildman–Crippen LogP) is 1.39. The summed E-state index contributed by atoms with van der Waals surface area (Å²) in [4.78, 5) is 61.7. The summed E-state index contributed by atoms with van der Waals surface area (Å²) in [6.07, 6.45) is 4.73. The Morgan fingerprint density at radius 2 is 1.63 bits per heavy atom. The number of fused-ring (bicyclic) bond motifs is 1. The van der Waals surface area contributed by atoms with Crippen LogP contribution in [-0.4, -0.2) is 47.0 Å². The molecule has 1 N–H and O–H groups in total. The molecule has 0 saturated carbocycles. The highest BCUT2D eigenvalue weighted by molar-refractivity contribution is 6.08. The van der Waals surface area contributed by atoms with Crippen molar-refractivity contribution < 1.29 is 28.7 Å². The SMILES string of the molecule is CC(=O)NCc1ccc(C(=O)COC(=O)[C@H](C)N2C(=O)[C@@H]3CC=CC[C@H]3C2=O)cc1.